The van der Waals surface area contributed by atoms with Crippen LogP contribution in [0.4, 0.5) is 0 Å². The van der Waals surface area contributed by atoms with Gasteiger partial charge in [0.25, 0.3) is 0 Å². The molecule has 0 N–H and O–H groups in total. The van der Waals surface area contributed by atoms with Crippen molar-refractivity contribution in [2.45, 2.75) is 0 Å². The second-order valence-electron chi connectivity index (χ2n) is 0.447. The van der Waals surface area contributed by atoms with E-state index in [1.165, 1.54) is 0 Å². The molecule has 6 heavy (non-hydrogen) atoms. The molecule has 0 rings (SSSR count). The van der Waals surface area contributed by atoms with Crippen LogP contribution in [-0.4, -0.2) is 0 Å². The van der Waals surface area contributed by atoms with Crippen LogP contribution in [-0.2, 0) is 4.57 Å². The normalized spacial score (nSPS) is 9.83. The minimum absolute atomic E-state index is 0. The Hall–Kier alpha value is 1.34. The van der Waals surface area contributed by atoms with Gasteiger partial charge in [-0.1, -0.05) is 0 Å². The summed E-state index contributed by atoms with van der Waals surface area (Å²) in [6.45, 7) is 0. The third-order valence-electron chi connectivity index (χ3n) is 0. The number of phosphoric acid groups is 1. The molecule has 4 nitrogen and oxygen atoms in total. The number of hydrogen-bond acceptors (Lipinski definition) is 4. The fraction of sp³-hybridized carbons (Fsp3) is 0. The molecule has 0 fully saturated rings. The van der Waals surface area contributed by atoms with Crippen molar-refractivity contribution in [3.63, 3.8) is 0 Å². The molecule has 0 amide bonds. The Morgan fingerprint density at radius 2 is 1.17 bits per heavy atom. The Balaban J connectivity index is 0. The molecule has 45 valence electrons. The van der Waals surface area contributed by atoms with Crippen LogP contribution >= 0.6 is 7.82 Å². The molecule has 0 aliphatic carbocycles. The van der Waals surface area contributed by atoms with Gasteiger partial charge in [-0.2, -0.15) is 7.82 Å². The average Bonchev–Trinajstić information content (AvgIpc) is 0.722. The van der Waals surface area contributed by atoms with E-state index in [2.05, 4.69) is 0 Å². The van der Waals surface area contributed by atoms with Crippen molar-refractivity contribution in [3.8, 4) is 0 Å². The molecular weight excluding hydrogens is 264 g/mol. The largest absolute Gasteiger partial charge is 0.822 e. The smallest absolute Gasteiger partial charge is 0 e. The van der Waals surface area contributed by atoms with E-state index in [1.807, 2.05) is 0 Å². The summed E-state index contributed by atoms with van der Waals surface area (Å²) in [6, 6.07) is 0. The van der Waals surface area contributed by atoms with Gasteiger partial charge in [-0.15, -0.1) is 0 Å². The summed E-state index contributed by atoms with van der Waals surface area (Å²) < 4.78 is 8.55. The standard InChI is InChI=1S/H3O4P.Tm/c1-5(2,3)4;/h(H3,1,2,3,4);/p-3. The minimum Gasteiger partial charge on any atom is -0.822 e. The van der Waals surface area contributed by atoms with Gasteiger partial charge < -0.3 is 19.2 Å². The SMILES string of the molecule is O=P([O-])([O-])[O-].[Tm]. The van der Waals surface area contributed by atoms with E-state index in [1.54, 1.807) is 0 Å². The zero-order valence-electron chi connectivity index (χ0n) is 2.36. The van der Waals surface area contributed by atoms with Crippen molar-refractivity contribution in [1.29, 1.82) is 0 Å². The summed E-state index contributed by atoms with van der Waals surface area (Å²) in [5.41, 5.74) is 0. The Morgan fingerprint density at radius 3 is 1.17 bits per heavy atom. The minimum atomic E-state index is -5.39. The molecule has 0 aliphatic rings. The molecule has 0 aromatic heterocycles. The predicted octanol–water partition coefficient (Wildman–Crippen LogP) is -2.82. The molecule has 0 unspecified atom stereocenters. The van der Waals surface area contributed by atoms with Gasteiger partial charge in [0, 0.05) is 36.9 Å². The fourth-order valence-corrected chi connectivity index (χ4v) is 0. The zero-order chi connectivity index (χ0) is 4.50. The molecule has 0 atom stereocenters. The first-order valence-corrected chi connectivity index (χ1v) is 2.19. The van der Waals surface area contributed by atoms with Crippen molar-refractivity contribution < 1.29 is 56.1 Å². The number of hydrogen-bond donors (Lipinski definition) is 0. The Morgan fingerprint density at radius 1 is 1.17 bits per heavy atom. The summed E-state index contributed by atoms with van der Waals surface area (Å²) in [7, 11) is -5.39. The van der Waals surface area contributed by atoms with Crippen molar-refractivity contribution in [1.82, 2.24) is 0 Å². The second-order valence-corrected chi connectivity index (χ2v) is 1.34. The number of rotatable bonds is 0. The van der Waals surface area contributed by atoms with Crippen molar-refractivity contribution in [3.05, 3.63) is 0 Å². The molecule has 0 spiro atoms. The van der Waals surface area contributed by atoms with Gasteiger partial charge in [0.2, 0.25) is 0 Å². The van der Waals surface area contributed by atoms with E-state index in [9.17, 15) is 0 Å². The van der Waals surface area contributed by atoms with Crippen LogP contribution in [0.1, 0.15) is 0 Å². The van der Waals surface area contributed by atoms with Crippen molar-refractivity contribution in [2.24, 2.45) is 0 Å². The van der Waals surface area contributed by atoms with Crippen LogP contribution in [0.2, 0.25) is 0 Å². The quantitative estimate of drug-likeness (QED) is 0.441. The average molecular weight is 264 g/mol. The van der Waals surface area contributed by atoms with Gasteiger partial charge in [0.15, 0.2) is 0 Å². The summed E-state index contributed by atoms with van der Waals surface area (Å²) in [4.78, 5) is 25.6. The van der Waals surface area contributed by atoms with Crippen LogP contribution < -0.4 is 14.7 Å². The molecule has 0 heterocycles. The van der Waals surface area contributed by atoms with E-state index < -0.39 is 7.82 Å². The maximum atomic E-state index is 8.55. The molecule has 0 saturated carbocycles. The maximum Gasteiger partial charge on any atom is 0 e. The molecule has 0 aliphatic heterocycles. The van der Waals surface area contributed by atoms with Gasteiger partial charge >= 0.3 is 0 Å². The van der Waals surface area contributed by atoms with E-state index in [4.69, 9.17) is 19.2 Å². The Labute approximate surface area is 63.6 Å². The molecule has 1 radical (unpaired) electrons. The molecule has 0 saturated heterocycles. The van der Waals surface area contributed by atoms with Gasteiger partial charge in [-0.25, -0.2) is 0 Å². The van der Waals surface area contributed by atoms with Crippen molar-refractivity contribution in [2.75, 3.05) is 0 Å². The van der Waals surface area contributed by atoms with Gasteiger partial charge in [-0.05, 0) is 0 Å². The van der Waals surface area contributed by atoms with Crippen LogP contribution in [0.25, 0.3) is 0 Å². The molecule has 0 aromatic carbocycles. The first-order chi connectivity index (χ1) is 2.00. The van der Waals surface area contributed by atoms with Gasteiger partial charge in [0.05, 0.1) is 0 Å². The van der Waals surface area contributed by atoms with E-state index >= 15 is 0 Å². The Kier molecular flexibility index (Phi) is 5.79. The summed E-state index contributed by atoms with van der Waals surface area (Å²) in [5, 5.41) is 0. The third-order valence-corrected chi connectivity index (χ3v) is 0. The molecule has 6 heteroatoms. The fourth-order valence-electron chi connectivity index (χ4n) is 0. The van der Waals surface area contributed by atoms with Gasteiger partial charge in [0.1, 0.15) is 0 Å². The summed E-state index contributed by atoms with van der Waals surface area (Å²) in [6.07, 6.45) is 0. The van der Waals surface area contributed by atoms with Crippen LogP contribution in [0.15, 0.2) is 0 Å². The topological polar surface area (TPSA) is 86.2 Å². The molecule has 0 bridgehead atoms. The van der Waals surface area contributed by atoms with Crippen LogP contribution in [0.5, 0.6) is 0 Å². The summed E-state index contributed by atoms with van der Waals surface area (Å²) in [5.74, 6) is 0. The molecule has 0 aromatic rings. The predicted molar refractivity (Wildman–Crippen MR) is 7.61 cm³/mol. The van der Waals surface area contributed by atoms with Crippen LogP contribution in [0, 0.1) is 36.9 Å². The van der Waals surface area contributed by atoms with Crippen LogP contribution in [0.3, 0.4) is 0 Å². The zero-order valence-corrected chi connectivity index (χ0v) is 5.03. The first-order valence-electron chi connectivity index (χ1n) is 0.730. The van der Waals surface area contributed by atoms with E-state index in [0.717, 1.165) is 0 Å². The van der Waals surface area contributed by atoms with E-state index in [0.29, 0.717) is 0 Å². The maximum absolute atomic E-state index is 8.55. The van der Waals surface area contributed by atoms with Gasteiger partial charge in [-0.3, -0.25) is 0 Å². The van der Waals surface area contributed by atoms with Crippen molar-refractivity contribution >= 4 is 7.82 Å². The Bertz CT molecular complexity index is 53.7. The van der Waals surface area contributed by atoms with E-state index in [-0.39, 0.29) is 36.9 Å². The summed E-state index contributed by atoms with van der Waals surface area (Å²) >= 11 is 0. The first kappa shape index (κ1) is 10.3. The third kappa shape index (κ3) is 55.8. The second kappa shape index (κ2) is 3.36. The molecular formula is O4PTm-3. The monoisotopic (exact) mass is 264 g/mol.